The molecule has 0 saturated carbocycles. The van der Waals surface area contributed by atoms with Gasteiger partial charge in [-0.2, -0.15) is 0 Å². The summed E-state index contributed by atoms with van der Waals surface area (Å²) in [6.45, 7) is 0. The van der Waals surface area contributed by atoms with Gasteiger partial charge in [-0.25, -0.2) is 15.0 Å². The first-order chi connectivity index (χ1) is 23.3. The third-order valence-corrected chi connectivity index (χ3v) is 8.70. The first-order valence-electron chi connectivity index (χ1n) is 15.7. The fourth-order valence-electron chi connectivity index (χ4n) is 6.41. The number of rotatable bonds is 5. The molecule has 0 atom stereocenters. The van der Waals surface area contributed by atoms with E-state index in [0.29, 0.717) is 5.82 Å². The Kier molecular flexibility index (Phi) is 6.43. The van der Waals surface area contributed by atoms with E-state index in [-0.39, 0.29) is 0 Å². The van der Waals surface area contributed by atoms with E-state index in [1.54, 1.807) is 0 Å². The molecule has 0 fully saturated rings. The molecular weight excluding hydrogens is 574 g/mol. The Morgan fingerprint density at radius 2 is 0.957 bits per heavy atom. The fraction of sp³-hybridized carbons (Fsp3) is 0. The number of hydrogen-bond acceptors (Lipinski definition) is 4. The molecule has 0 saturated heterocycles. The molecule has 0 unspecified atom stereocenters. The van der Waals surface area contributed by atoms with Crippen molar-refractivity contribution in [3.05, 3.63) is 164 Å². The summed E-state index contributed by atoms with van der Waals surface area (Å²) in [6.07, 6.45) is 0. The summed E-state index contributed by atoms with van der Waals surface area (Å²) >= 11 is 0. The number of nitrogens with zero attached hydrogens (tertiary/aromatic N) is 3. The summed E-state index contributed by atoms with van der Waals surface area (Å²) in [7, 11) is 0. The first kappa shape index (κ1) is 27.0. The van der Waals surface area contributed by atoms with Crippen molar-refractivity contribution in [3.63, 3.8) is 0 Å². The third kappa shape index (κ3) is 4.75. The lowest BCUT2D eigenvalue weighted by Crippen LogP contribution is -1.96. The van der Waals surface area contributed by atoms with E-state index in [1.165, 1.54) is 0 Å². The molecule has 9 rings (SSSR count). The molecule has 9 aromatic rings. The van der Waals surface area contributed by atoms with Crippen LogP contribution in [0.4, 0.5) is 0 Å². The van der Waals surface area contributed by atoms with Gasteiger partial charge in [0.15, 0.2) is 5.82 Å². The van der Waals surface area contributed by atoms with Gasteiger partial charge in [0.25, 0.3) is 0 Å². The van der Waals surface area contributed by atoms with Crippen molar-refractivity contribution in [3.8, 4) is 56.3 Å². The second-order valence-corrected chi connectivity index (χ2v) is 11.6. The van der Waals surface area contributed by atoms with Crippen molar-refractivity contribution in [2.45, 2.75) is 0 Å². The Labute approximate surface area is 271 Å². The van der Waals surface area contributed by atoms with Gasteiger partial charge in [-0.1, -0.05) is 146 Å². The lowest BCUT2D eigenvalue weighted by atomic mass is 9.97. The van der Waals surface area contributed by atoms with Crippen LogP contribution in [0.25, 0.3) is 89.1 Å². The SMILES string of the molecule is c1ccc(-c2cc(-c3ccccc3)nc(-c3ccc(-c4nc5c(-c6ccccc6)cccc5c5oc6ccccc6c45)cc3)n2)cc1. The van der Waals surface area contributed by atoms with Crippen LogP contribution in [0.2, 0.25) is 0 Å². The van der Waals surface area contributed by atoms with Crippen LogP contribution in [-0.4, -0.2) is 15.0 Å². The molecule has 0 aliphatic heterocycles. The zero-order valence-electron chi connectivity index (χ0n) is 25.3. The van der Waals surface area contributed by atoms with Crippen molar-refractivity contribution in [2.75, 3.05) is 0 Å². The van der Waals surface area contributed by atoms with Crippen LogP contribution >= 0.6 is 0 Å². The van der Waals surface area contributed by atoms with E-state index >= 15 is 0 Å². The van der Waals surface area contributed by atoms with Crippen molar-refractivity contribution >= 4 is 32.8 Å². The van der Waals surface area contributed by atoms with Crippen molar-refractivity contribution < 1.29 is 4.42 Å². The molecule has 6 aromatic carbocycles. The molecular formula is C43H27N3O. The maximum absolute atomic E-state index is 6.56. The van der Waals surface area contributed by atoms with Crippen molar-refractivity contribution in [2.24, 2.45) is 0 Å². The quantitative estimate of drug-likeness (QED) is 0.197. The zero-order valence-corrected chi connectivity index (χ0v) is 25.3. The smallest absolute Gasteiger partial charge is 0.160 e. The minimum absolute atomic E-state index is 0.675. The minimum Gasteiger partial charge on any atom is -0.455 e. The van der Waals surface area contributed by atoms with Crippen LogP contribution in [0.1, 0.15) is 0 Å². The molecule has 4 nitrogen and oxygen atoms in total. The molecule has 0 N–H and O–H groups in total. The molecule has 0 spiro atoms. The third-order valence-electron chi connectivity index (χ3n) is 8.70. The van der Waals surface area contributed by atoms with E-state index in [1.807, 2.05) is 54.6 Å². The van der Waals surface area contributed by atoms with Gasteiger partial charge in [-0.15, -0.1) is 0 Å². The Hall–Kier alpha value is -6.39. The maximum atomic E-state index is 6.56. The zero-order chi connectivity index (χ0) is 31.2. The van der Waals surface area contributed by atoms with Gasteiger partial charge in [0.2, 0.25) is 0 Å². The minimum atomic E-state index is 0.675. The van der Waals surface area contributed by atoms with Crippen LogP contribution in [0.3, 0.4) is 0 Å². The molecule has 220 valence electrons. The topological polar surface area (TPSA) is 51.8 Å². The van der Waals surface area contributed by atoms with Crippen LogP contribution in [0.15, 0.2) is 168 Å². The second-order valence-electron chi connectivity index (χ2n) is 11.6. The van der Waals surface area contributed by atoms with Crippen LogP contribution in [-0.2, 0) is 0 Å². The Morgan fingerprint density at radius 1 is 0.404 bits per heavy atom. The molecule has 0 aliphatic rings. The lowest BCUT2D eigenvalue weighted by molar-refractivity contribution is 0.672. The molecule has 3 heterocycles. The van der Waals surface area contributed by atoms with E-state index < -0.39 is 0 Å². The molecule has 3 aromatic heterocycles. The molecule has 0 aliphatic carbocycles. The summed E-state index contributed by atoms with van der Waals surface area (Å²) in [4.78, 5) is 15.4. The predicted octanol–water partition coefficient (Wildman–Crippen LogP) is 11.3. The van der Waals surface area contributed by atoms with Gasteiger partial charge in [0, 0.05) is 38.6 Å². The molecule has 0 amide bonds. The van der Waals surface area contributed by atoms with E-state index in [0.717, 1.165) is 83.3 Å². The normalized spacial score (nSPS) is 11.4. The summed E-state index contributed by atoms with van der Waals surface area (Å²) in [5.41, 5.74) is 11.5. The highest BCUT2D eigenvalue weighted by Gasteiger charge is 2.20. The highest BCUT2D eigenvalue weighted by atomic mass is 16.3. The van der Waals surface area contributed by atoms with E-state index in [9.17, 15) is 0 Å². The fourth-order valence-corrected chi connectivity index (χ4v) is 6.41. The van der Waals surface area contributed by atoms with E-state index in [4.69, 9.17) is 19.4 Å². The van der Waals surface area contributed by atoms with Gasteiger partial charge in [0.05, 0.1) is 28.0 Å². The van der Waals surface area contributed by atoms with Gasteiger partial charge in [-0.05, 0) is 23.8 Å². The van der Waals surface area contributed by atoms with Gasteiger partial charge in [-0.3, -0.25) is 0 Å². The average molecular weight is 602 g/mol. The number of furan rings is 1. The van der Waals surface area contributed by atoms with Gasteiger partial charge >= 0.3 is 0 Å². The monoisotopic (exact) mass is 601 g/mol. The summed E-state index contributed by atoms with van der Waals surface area (Å²) in [5.74, 6) is 0.675. The maximum Gasteiger partial charge on any atom is 0.160 e. The first-order valence-corrected chi connectivity index (χ1v) is 15.7. The van der Waals surface area contributed by atoms with Crippen molar-refractivity contribution in [1.82, 2.24) is 15.0 Å². The van der Waals surface area contributed by atoms with Crippen molar-refractivity contribution in [1.29, 1.82) is 0 Å². The van der Waals surface area contributed by atoms with Crippen LogP contribution < -0.4 is 0 Å². The molecule has 0 radical (unpaired) electrons. The number of aromatic nitrogens is 3. The second kappa shape index (κ2) is 11.2. The summed E-state index contributed by atoms with van der Waals surface area (Å²) in [5, 5.41) is 3.06. The highest BCUT2D eigenvalue weighted by molar-refractivity contribution is 6.20. The van der Waals surface area contributed by atoms with E-state index in [2.05, 4.69) is 109 Å². The van der Waals surface area contributed by atoms with Crippen LogP contribution in [0.5, 0.6) is 0 Å². The summed E-state index contributed by atoms with van der Waals surface area (Å²) in [6, 6.07) is 55.9. The average Bonchev–Trinajstić information content (AvgIpc) is 3.55. The number of fused-ring (bicyclic) bond motifs is 5. The Balaban J connectivity index is 1.23. The molecule has 47 heavy (non-hydrogen) atoms. The molecule has 0 bridgehead atoms. The van der Waals surface area contributed by atoms with Gasteiger partial charge in [0.1, 0.15) is 11.2 Å². The molecule has 4 heteroatoms. The largest absolute Gasteiger partial charge is 0.455 e. The number of benzene rings is 6. The van der Waals surface area contributed by atoms with Crippen LogP contribution in [0, 0.1) is 0 Å². The number of para-hydroxylation sites is 2. The lowest BCUT2D eigenvalue weighted by Gasteiger charge is -2.12. The number of pyridine rings is 1. The highest BCUT2D eigenvalue weighted by Crippen LogP contribution is 2.42. The Morgan fingerprint density at radius 3 is 1.62 bits per heavy atom. The standard InChI is InChI=1S/C43H27N3O/c1-4-13-28(14-5-1)33-20-12-21-35-41(33)46-40(39-34-19-10-11-22-38(34)47-42(35)39)31-23-25-32(26-24-31)43-44-36(29-15-6-2-7-16-29)27-37(45-43)30-17-8-3-9-18-30/h1-27H. The number of hydrogen-bond donors (Lipinski definition) is 0. The Bertz CT molecular complexity index is 2480. The predicted molar refractivity (Wildman–Crippen MR) is 192 cm³/mol. The summed E-state index contributed by atoms with van der Waals surface area (Å²) < 4.78 is 6.56. The van der Waals surface area contributed by atoms with Gasteiger partial charge < -0.3 is 4.42 Å².